The van der Waals surface area contributed by atoms with E-state index < -0.39 is 0 Å². The normalized spacial score (nSPS) is 16.3. The van der Waals surface area contributed by atoms with Gasteiger partial charge in [0.2, 0.25) is 0 Å². The van der Waals surface area contributed by atoms with Gasteiger partial charge in [-0.05, 0) is 48.9 Å². The molecular formula is C14H19NO2S. The van der Waals surface area contributed by atoms with Crippen molar-refractivity contribution in [3.05, 3.63) is 23.8 Å². The van der Waals surface area contributed by atoms with Gasteiger partial charge in [-0.2, -0.15) is 0 Å². The highest BCUT2D eigenvalue weighted by molar-refractivity contribution is 7.99. The van der Waals surface area contributed by atoms with Crippen molar-refractivity contribution in [3.8, 4) is 0 Å². The molecule has 3 nitrogen and oxygen atoms in total. The first-order valence-corrected chi connectivity index (χ1v) is 7.08. The van der Waals surface area contributed by atoms with Crippen LogP contribution >= 0.6 is 11.8 Å². The third kappa shape index (κ3) is 3.42. The summed E-state index contributed by atoms with van der Waals surface area (Å²) in [4.78, 5) is 12.5. The van der Waals surface area contributed by atoms with Crippen molar-refractivity contribution in [2.45, 2.75) is 31.1 Å². The summed E-state index contributed by atoms with van der Waals surface area (Å²) in [5, 5.41) is 0. The predicted molar refractivity (Wildman–Crippen MR) is 74.6 cm³/mol. The number of nitrogen functional groups attached to an aromatic ring is 1. The number of aryl methyl sites for hydroxylation is 1. The largest absolute Gasteiger partial charge is 0.469 e. The Bertz CT molecular complexity index is 435. The minimum atomic E-state index is -0.100. The van der Waals surface area contributed by atoms with E-state index in [0.717, 1.165) is 24.3 Å². The molecule has 0 aromatic heterocycles. The highest BCUT2D eigenvalue weighted by atomic mass is 32.2. The molecule has 1 aromatic carbocycles. The number of thioether (sulfide) groups is 1. The van der Waals surface area contributed by atoms with Crippen molar-refractivity contribution in [1.82, 2.24) is 0 Å². The molecule has 2 N–H and O–H groups in total. The average molecular weight is 265 g/mol. The first kappa shape index (κ1) is 13.3. The summed E-state index contributed by atoms with van der Waals surface area (Å²) in [6.45, 7) is 2.04. The molecule has 0 amide bonds. The molecule has 1 aromatic rings. The Hall–Kier alpha value is -1.16. The lowest BCUT2D eigenvalue weighted by atomic mass is 10.1. The van der Waals surface area contributed by atoms with Crippen LogP contribution in [0.15, 0.2) is 23.1 Å². The fourth-order valence-corrected chi connectivity index (χ4v) is 3.38. The Kier molecular flexibility index (Phi) is 3.85. The second-order valence-electron chi connectivity index (χ2n) is 5.12. The van der Waals surface area contributed by atoms with Gasteiger partial charge < -0.3 is 10.5 Å². The lowest BCUT2D eigenvalue weighted by molar-refractivity contribution is -0.141. The molecule has 0 atom stereocenters. The van der Waals surface area contributed by atoms with Gasteiger partial charge in [-0.3, -0.25) is 4.79 Å². The fraction of sp³-hybridized carbons (Fsp3) is 0.500. The van der Waals surface area contributed by atoms with Crippen LogP contribution in [0.1, 0.15) is 24.8 Å². The zero-order chi connectivity index (χ0) is 13.2. The van der Waals surface area contributed by atoms with Crippen LogP contribution in [-0.4, -0.2) is 18.8 Å². The maximum atomic E-state index is 11.3. The van der Waals surface area contributed by atoms with Gasteiger partial charge >= 0.3 is 5.97 Å². The molecule has 1 saturated carbocycles. The van der Waals surface area contributed by atoms with E-state index in [1.54, 1.807) is 11.8 Å². The molecular weight excluding hydrogens is 246 g/mol. The third-order valence-corrected chi connectivity index (χ3v) is 4.65. The third-order valence-electron chi connectivity index (χ3n) is 3.32. The molecule has 0 heterocycles. The van der Waals surface area contributed by atoms with Gasteiger partial charge in [0, 0.05) is 16.3 Å². The summed E-state index contributed by atoms with van der Waals surface area (Å²) in [6, 6.07) is 6.09. The molecule has 1 aliphatic rings. The number of hydrogen-bond donors (Lipinski definition) is 1. The molecule has 0 spiro atoms. The van der Waals surface area contributed by atoms with Gasteiger partial charge in [0.25, 0.3) is 0 Å². The maximum absolute atomic E-state index is 11.3. The summed E-state index contributed by atoms with van der Waals surface area (Å²) in [5.74, 6) is 0.863. The number of carbonyl (C=O) groups excluding carboxylic acids is 1. The van der Waals surface area contributed by atoms with E-state index in [2.05, 4.69) is 6.07 Å². The van der Waals surface area contributed by atoms with Crippen LogP contribution in [0.2, 0.25) is 0 Å². The molecule has 0 unspecified atom stereocenters. The summed E-state index contributed by atoms with van der Waals surface area (Å²) in [5.41, 5.74) is 7.97. The minimum Gasteiger partial charge on any atom is -0.469 e. The van der Waals surface area contributed by atoms with Gasteiger partial charge in [0.05, 0.1) is 13.5 Å². The zero-order valence-electron chi connectivity index (χ0n) is 10.9. The van der Waals surface area contributed by atoms with Crippen LogP contribution in [-0.2, 0) is 9.53 Å². The van der Waals surface area contributed by atoms with E-state index in [4.69, 9.17) is 10.5 Å². The zero-order valence-corrected chi connectivity index (χ0v) is 11.7. The maximum Gasteiger partial charge on any atom is 0.306 e. The number of rotatable bonds is 5. The van der Waals surface area contributed by atoms with Crippen molar-refractivity contribution in [3.63, 3.8) is 0 Å². The first-order chi connectivity index (χ1) is 8.53. The lowest BCUT2D eigenvalue weighted by Gasteiger charge is -2.13. The first-order valence-electron chi connectivity index (χ1n) is 6.10. The van der Waals surface area contributed by atoms with Crippen molar-refractivity contribution in [2.24, 2.45) is 5.41 Å². The van der Waals surface area contributed by atoms with Gasteiger partial charge in [0.15, 0.2) is 0 Å². The molecule has 0 radical (unpaired) electrons. The SMILES string of the molecule is COC(=O)CC1(CSc2cc(C)cc(N)c2)CC1. The Balaban J connectivity index is 1.93. The van der Waals surface area contributed by atoms with E-state index in [1.807, 2.05) is 19.1 Å². The molecule has 4 heteroatoms. The van der Waals surface area contributed by atoms with Gasteiger partial charge in [-0.1, -0.05) is 0 Å². The van der Waals surface area contributed by atoms with Crippen molar-refractivity contribution >= 4 is 23.4 Å². The van der Waals surface area contributed by atoms with Crippen LogP contribution < -0.4 is 5.73 Å². The van der Waals surface area contributed by atoms with Crippen LogP contribution in [0.4, 0.5) is 5.69 Å². The summed E-state index contributed by atoms with van der Waals surface area (Å²) in [6.07, 6.45) is 2.78. The predicted octanol–water partition coefficient (Wildman–Crippen LogP) is 3.01. The van der Waals surface area contributed by atoms with E-state index in [1.165, 1.54) is 17.6 Å². The van der Waals surface area contributed by atoms with E-state index >= 15 is 0 Å². The Morgan fingerprint density at radius 2 is 2.17 bits per heavy atom. The standard InChI is InChI=1S/C14H19NO2S/c1-10-5-11(15)7-12(6-10)18-9-14(3-4-14)8-13(16)17-2/h5-7H,3-4,8-9,15H2,1-2H3. The van der Waals surface area contributed by atoms with Crippen LogP contribution in [0.3, 0.4) is 0 Å². The van der Waals surface area contributed by atoms with Crippen LogP contribution in [0.25, 0.3) is 0 Å². The van der Waals surface area contributed by atoms with Crippen molar-refractivity contribution in [2.75, 3.05) is 18.6 Å². The average Bonchev–Trinajstić information content (AvgIpc) is 3.05. The molecule has 2 rings (SSSR count). The van der Waals surface area contributed by atoms with Gasteiger partial charge in [-0.25, -0.2) is 0 Å². The minimum absolute atomic E-state index is 0.100. The van der Waals surface area contributed by atoms with Crippen LogP contribution in [0.5, 0.6) is 0 Å². The number of methoxy groups -OCH3 is 1. The van der Waals surface area contributed by atoms with E-state index in [-0.39, 0.29) is 11.4 Å². The smallest absolute Gasteiger partial charge is 0.306 e. The lowest BCUT2D eigenvalue weighted by Crippen LogP contribution is -2.12. The highest BCUT2D eigenvalue weighted by Gasteiger charge is 2.44. The second kappa shape index (κ2) is 5.22. The molecule has 0 bridgehead atoms. The van der Waals surface area contributed by atoms with Crippen molar-refractivity contribution < 1.29 is 9.53 Å². The highest BCUT2D eigenvalue weighted by Crippen LogP contribution is 2.52. The fourth-order valence-electron chi connectivity index (χ4n) is 2.02. The second-order valence-corrected chi connectivity index (χ2v) is 6.17. The number of ether oxygens (including phenoxy) is 1. The molecule has 1 fully saturated rings. The Morgan fingerprint density at radius 3 is 2.72 bits per heavy atom. The quantitative estimate of drug-likeness (QED) is 0.505. The van der Waals surface area contributed by atoms with Gasteiger partial charge in [-0.15, -0.1) is 11.8 Å². The summed E-state index contributed by atoms with van der Waals surface area (Å²) >= 11 is 1.78. The van der Waals surface area contributed by atoms with Crippen LogP contribution in [0, 0.1) is 12.3 Å². The topological polar surface area (TPSA) is 52.3 Å². The molecule has 0 aliphatic heterocycles. The molecule has 18 heavy (non-hydrogen) atoms. The number of benzene rings is 1. The summed E-state index contributed by atoms with van der Waals surface area (Å²) in [7, 11) is 1.45. The van der Waals surface area contributed by atoms with Gasteiger partial charge in [0.1, 0.15) is 0 Å². The van der Waals surface area contributed by atoms with E-state index in [0.29, 0.717) is 6.42 Å². The van der Waals surface area contributed by atoms with E-state index in [9.17, 15) is 4.79 Å². The number of hydrogen-bond acceptors (Lipinski definition) is 4. The summed E-state index contributed by atoms with van der Waals surface area (Å²) < 4.78 is 4.75. The number of nitrogens with two attached hydrogens (primary N) is 1. The Labute approximate surface area is 112 Å². The molecule has 0 saturated heterocycles. The number of esters is 1. The Morgan fingerprint density at radius 1 is 1.44 bits per heavy atom. The number of anilines is 1. The molecule has 98 valence electrons. The molecule has 1 aliphatic carbocycles. The van der Waals surface area contributed by atoms with Crippen molar-refractivity contribution in [1.29, 1.82) is 0 Å². The number of carbonyl (C=O) groups is 1. The monoisotopic (exact) mass is 265 g/mol.